The van der Waals surface area contributed by atoms with Gasteiger partial charge in [0.1, 0.15) is 17.4 Å². The summed E-state index contributed by atoms with van der Waals surface area (Å²) in [4.78, 5) is 19.4. The Bertz CT molecular complexity index is 1270. The number of aromatic nitrogens is 1. The van der Waals surface area contributed by atoms with Crippen LogP contribution in [0.25, 0.3) is 22.2 Å². The van der Waals surface area contributed by atoms with Crippen LogP contribution in [0.3, 0.4) is 0 Å². The van der Waals surface area contributed by atoms with Crippen LogP contribution in [-0.4, -0.2) is 22.5 Å². The number of hydrogen-bond acceptors (Lipinski definition) is 3. The molecule has 0 radical (unpaired) electrons. The minimum Gasteiger partial charge on any atom is -0.438 e. The Morgan fingerprint density at radius 2 is 1.94 bits per heavy atom. The molecule has 2 amide bonds. The standard InChI is InChI=1S/C26H24FN3O2/c1-2-17-8-11-21(12-9-17)28-26(31)30-14-4-7-23(30)25-29-22-16-19(10-13-24(22)32-25)18-5-3-6-20(27)15-18/h3,5-6,8-13,15-16,23H,2,4,7,14H2,1H3,(H,28,31). The number of carbonyl (C=O) groups excluding carboxylic acids is 1. The molecule has 0 spiro atoms. The number of aryl methyl sites for hydroxylation is 1. The summed E-state index contributed by atoms with van der Waals surface area (Å²) in [6.07, 6.45) is 2.65. The normalized spacial score (nSPS) is 15.9. The molecule has 1 N–H and O–H groups in total. The van der Waals surface area contributed by atoms with E-state index in [0.29, 0.717) is 23.5 Å². The summed E-state index contributed by atoms with van der Waals surface area (Å²) >= 11 is 0. The van der Waals surface area contributed by atoms with Crippen molar-refractivity contribution in [3.05, 3.63) is 84.0 Å². The number of anilines is 1. The van der Waals surface area contributed by atoms with Gasteiger partial charge in [-0.2, -0.15) is 0 Å². The fourth-order valence-corrected chi connectivity index (χ4v) is 4.22. The van der Waals surface area contributed by atoms with Crippen LogP contribution in [0, 0.1) is 5.82 Å². The number of urea groups is 1. The molecule has 5 rings (SSSR count). The minimum atomic E-state index is -0.277. The molecule has 1 unspecified atom stereocenters. The number of nitrogens with zero attached hydrogens (tertiary/aromatic N) is 2. The van der Waals surface area contributed by atoms with E-state index in [1.807, 2.05) is 48.5 Å². The highest BCUT2D eigenvalue weighted by molar-refractivity contribution is 5.90. The van der Waals surface area contributed by atoms with Crippen molar-refractivity contribution in [2.75, 3.05) is 11.9 Å². The molecule has 0 bridgehead atoms. The van der Waals surface area contributed by atoms with Gasteiger partial charge in [-0.3, -0.25) is 0 Å². The quantitative estimate of drug-likeness (QED) is 0.399. The number of carbonyl (C=O) groups is 1. The van der Waals surface area contributed by atoms with Crippen LogP contribution in [0.5, 0.6) is 0 Å². The fourth-order valence-electron chi connectivity index (χ4n) is 4.22. The maximum atomic E-state index is 13.6. The van der Waals surface area contributed by atoms with Crippen molar-refractivity contribution in [2.45, 2.75) is 32.2 Å². The molecule has 162 valence electrons. The molecule has 32 heavy (non-hydrogen) atoms. The minimum absolute atomic E-state index is 0.153. The third kappa shape index (κ3) is 3.96. The molecule has 4 aromatic rings. The number of nitrogens with one attached hydrogen (secondary N) is 1. The van der Waals surface area contributed by atoms with Crippen molar-refractivity contribution < 1.29 is 13.6 Å². The van der Waals surface area contributed by atoms with E-state index in [-0.39, 0.29) is 17.9 Å². The van der Waals surface area contributed by atoms with E-state index in [1.54, 1.807) is 11.0 Å². The van der Waals surface area contributed by atoms with E-state index >= 15 is 0 Å². The van der Waals surface area contributed by atoms with E-state index in [2.05, 4.69) is 17.2 Å². The highest BCUT2D eigenvalue weighted by Crippen LogP contribution is 2.34. The summed E-state index contributed by atoms with van der Waals surface area (Å²) < 4.78 is 19.6. The van der Waals surface area contributed by atoms with Gasteiger partial charge in [0.2, 0.25) is 5.89 Å². The van der Waals surface area contributed by atoms with Crippen molar-refractivity contribution in [1.82, 2.24) is 9.88 Å². The molecule has 1 aliphatic heterocycles. The van der Waals surface area contributed by atoms with Crippen LogP contribution in [0.15, 0.2) is 71.1 Å². The van der Waals surface area contributed by atoms with Crippen molar-refractivity contribution in [3.8, 4) is 11.1 Å². The summed E-state index contributed by atoms with van der Waals surface area (Å²) in [5.74, 6) is 0.255. The number of oxazole rings is 1. The van der Waals surface area contributed by atoms with Crippen LogP contribution in [0.4, 0.5) is 14.9 Å². The summed E-state index contributed by atoms with van der Waals surface area (Å²) in [5.41, 5.74) is 5.01. The number of rotatable bonds is 4. The Morgan fingerprint density at radius 3 is 2.72 bits per heavy atom. The maximum Gasteiger partial charge on any atom is 0.322 e. The van der Waals surface area contributed by atoms with Gasteiger partial charge in [-0.15, -0.1) is 0 Å². The van der Waals surface area contributed by atoms with Crippen molar-refractivity contribution in [2.24, 2.45) is 0 Å². The first-order valence-corrected chi connectivity index (χ1v) is 10.9. The van der Waals surface area contributed by atoms with E-state index in [0.717, 1.165) is 36.1 Å². The lowest BCUT2D eigenvalue weighted by Crippen LogP contribution is -2.34. The van der Waals surface area contributed by atoms with Gasteiger partial charge >= 0.3 is 6.03 Å². The third-order valence-corrected chi connectivity index (χ3v) is 5.97. The second-order valence-corrected chi connectivity index (χ2v) is 8.08. The van der Waals surface area contributed by atoms with E-state index in [1.165, 1.54) is 17.7 Å². The zero-order chi connectivity index (χ0) is 22.1. The van der Waals surface area contributed by atoms with Crippen molar-refractivity contribution >= 4 is 22.8 Å². The Kier molecular flexibility index (Phi) is 5.35. The van der Waals surface area contributed by atoms with Gasteiger partial charge < -0.3 is 14.6 Å². The molecular formula is C26H24FN3O2. The largest absolute Gasteiger partial charge is 0.438 e. The molecule has 0 aliphatic carbocycles. The Labute approximate surface area is 185 Å². The first-order chi connectivity index (χ1) is 15.6. The molecule has 3 aromatic carbocycles. The number of fused-ring (bicyclic) bond motifs is 1. The summed E-state index contributed by atoms with van der Waals surface area (Å²) in [6, 6.07) is 19.6. The van der Waals surface area contributed by atoms with E-state index in [9.17, 15) is 9.18 Å². The zero-order valence-electron chi connectivity index (χ0n) is 17.8. The van der Waals surface area contributed by atoms with E-state index in [4.69, 9.17) is 4.42 Å². The molecule has 6 heteroatoms. The van der Waals surface area contributed by atoms with Crippen LogP contribution in [-0.2, 0) is 6.42 Å². The number of likely N-dealkylation sites (tertiary alicyclic amines) is 1. The van der Waals surface area contributed by atoms with Gasteiger partial charge in [0.15, 0.2) is 5.58 Å². The first kappa shape index (κ1) is 20.2. The Morgan fingerprint density at radius 1 is 1.12 bits per heavy atom. The van der Waals surface area contributed by atoms with Crippen LogP contribution >= 0.6 is 0 Å². The molecule has 1 atom stereocenters. The monoisotopic (exact) mass is 429 g/mol. The summed E-state index contributed by atoms with van der Waals surface area (Å²) in [7, 11) is 0. The lowest BCUT2D eigenvalue weighted by Gasteiger charge is -2.22. The molecule has 1 fully saturated rings. The third-order valence-electron chi connectivity index (χ3n) is 5.97. The van der Waals surface area contributed by atoms with Gasteiger partial charge in [-0.05, 0) is 72.4 Å². The van der Waals surface area contributed by atoms with Gasteiger partial charge in [0, 0.05) is 12.2 Å². The fraction of sp³-hybridized carbons (Fsp3) is 0.231. The van der Waals surface area contributed by atoms with Crippen molar-refractivity contribution in [1.29, 1.82) is 0 Å². The lowest BCUT2D eigenvalue weighted by molar-refractivity contribution is 0.199. The Balaban J connectivity index is 1.37. The number of amides is 2. The van der Waals surface area contributed by atoms with Crippen LogP contribution in [0.1, 0.15) is 37.3 Å². The Hall–Kier alpha value is -3.67. The molecule has 0 saturated carbocycles. The van der Waals surface area contributed by atoms with Crippen LogP contribution < -0.4 is 5.32 Å². The predicted molar refractivity (Wildman–Crippen MR) is 123 cm³/mol. The topological polar surface area (TPSA) is 58.4 Å². The SMILES string of the molecule is CCc1ccc(NC(=O)N2CCCC2c2nc3cc(-c4cccc(F)c4)ccc3o2)cc1. The van der Waals surface area contributed by atoms with Crippen LogP contribution in [0.2, 0.25) is 0 Å². The molecule has 5 nitrogen and oxygen atoms in total. The smallest absolute Gasteiger partial charge is 0.322 e. The molecule has 1 aromatic heterocycles. The summed E-state index contributed by atoms with van der Waals surface area (Å²) in [6.45, 7) is 2.75. The number of hydrogen-bond donors (Lipinski definition) is 1. The number of halogens is 1. The van der Waals surface area contributed by atoms with Crippen molar-refractivity contribution in [3.63, 3.8) is 0 Å². The van der Waals surface area contributed by atoms with Gasteiger partial charge in [0.05, 0.1) is 0 Å². The lowest BCUT2D eigenvalue weighted by atomic mass is 10.1. The van der Waals surface area contributed by atoms with Gasteiger partial charge in [-0.1, -0.05) is 37.3 Å². The highest BCUT2D eigenvalue weighted by Gasteiger charge is 2.33. The number of benzene rings is 3. The van der Waals surface area contributed by atoms with E-state index < -0.39 is 0 Å². The second-order valence-electron chi connectivity index (χ2n) is 8.08. The average molecular weight is 429 g/mol. The summed E-state index contributed by atoms with van der Waals surface area (Å²) in [5, 5.41) is 2.99. The predicted octanol–water partition coefficient (Wildman–Crippen LogP) is 6.57. The zero-order valence-corrected chi connectivity index (χ0v) is 17.8. The first-order valence-electron chi connectivity index (χ1n) is 10.9. The average Bonchev–Trinajstić information content (AvgIpc) is 3.46. The van der Waals surface area contributed by atoms with Gasteiger partial charge in [-0.25, -0.2) is 14.2 Å². The maximum absolute atomic E-state index is 13.6. The van der Waals surface area contributed by atoms with Gasteiger partial charge in [0.25, 0.3) is 0 Å². The second kappa shape index (κ2) is 8.46. The molecular weight excluding hydrogens is 405 g/mol. The molecule has 1 saturated heterocycles. The highest BCUT2D eigenvalue weighted by atomic mass is 19.1. The molecule has 2 heterocycles. The molecule has 1 aliphatic rings.